The smallest absolute Gasteiger partial charge is 0.407 e. The largest absolute Gasteiger partial charge is 0.481 e. The molecule has 0 saturated heterocycles. The molecule has 2 aliphatic carbocycles. The van der Waals surface area contributed by atoms with Crippen LogP contribution in [-0.2, 0) is 14.3 Å². The van der Waals surface area contributed by atoms with Crippen molar-refractivity contribution in [3.8, 4) is 11.1 Å². The van der Waals surface area contributed by atoms with Crippen molar-refractivity contribution in [1.82, 2.24) is 10.6 Å². The van der Waals surface area contributed by atoms with Crippen molar-refractivity contribution in [3.63, 3.8) is 0 Å². The van der Waals surface area contributed by atoms with Crippen molar-refractivity contribution < 1.29 is 24.2 Å². The molecule has 0 radical (unpaired) electrons. The van der Waals surface area contributed by atoms with Gasteiger partial charge in [0, 0.05) is 12.0 Å². The predicted octanol–water partition coefficient (Wildman–Crippen LogP) is 4.31. The number of rotatable bonds is 8. The number of carbonyl (C=O) groups is 3. The molecule has 1 saturated carbocycles. The Hall–Kier alpha value is -3.35. The first-order valence-electron chi connectivity index (χ1n) is 12.0. The summed E-state index contributed by atoms with van der Waals surface area (Å²) in [5.41, 5.74) is 4.53. The minimum atomic E-state index is -0.896. The Morgan fingerprint density at radius 1 is 1.03 bits per heavy atom. The Kier molecular flexibility index (Phi) is 7.20. The molecule has 3 N–H and O–H groups in total. The summed E-state index contributed by atoms with van der Waals surface area (Å²) in [6.07, 6.45) is 1.96. The first-order valence-corrected chi connectivity index (χ1v) is 12.0. The minimum absolute atomic E-state index is 0.0659. The number of aliphatic carboxylic acids is 1. The van der Waals surface area contributed by atoms with Crippen LogP contribution in [-0.4, -0.2) is 41.8 Å². The second-order valence-corrected chi connectivity index (χ2v) is 9.32. The van der Waals surface area contributed by atoms with E-state index >= 15 is 0 Å². The monoisotopic (exact) mass is 464 g/mol. The van der Waals surface area contributed by atoms with E-state index in [2.05, 4.69) is 34.9 Å². The van der Waals surface area contributed by atoms with Crippen molar-refractivity contribution in [3.05, 3.63) is 59.7 Å². The van der Waals surface area contributed by atoms with Gasteiger partial charge in [-0.25, -0.2) is 4.79 Å². The van der Waals surface area contributed by atoms with Crippen LogP contribution in [0.4, 0.5) is 4.79 Å². The van der Waals surface area contributed by atoms with E-state index in [0.29, 0.717) is 19.3 Å². The van der Waals surface area contributed by atoms with Crippen LogP contribution in [0, 0.1) is 11.8 Å². The number of hydrogen-bond donors (Lipinski definition) is 3. The van der Waals surface area contributed by atoms with Crippen LogP contribution in [0.15, 0.2) is 48.5 Å². The molecule has 2 aromatic rings. The predicted molar refractivity (Wildman–Crippen MR) is 128 cm³/mol. The maximum atomic E-state index is 13.0. The normalized spacial score (nSPS) is 20.6. The lowest BCUT2D eigenvalue weighted by Crippen LogP contribution is -2.53. The second-order valence-electron chi connectivity index (χ2n) is 9.32. The molecular weight excluding hydrogens is 432 g/mol. The molecule has 0 heterocycles. The van der Waals surface area contributed by atoms with Crippen LogP contribution in [0.2, 0.25) is 0 Å². The summed E-state index contributed by atoms with van der Waals surface area (Å²) in [5.74, 6) is -2.04. The number of hydrogen-bond acceptors (Lipinski definition) is 4. The molecule has 7 heteroatoms. The summed E-state index contributed by atoms with van der Waals surface area (Å²) in [5, 5.41) is 15.0. The van der Waals surface area contributed by atoms with Crippen molar-refractivity contribution in [2.24, 2.45) is 11.8 Å². The third kappa shape index (κ3) is 4.79. The quantitative estimate of drug-likeness (QED) is 0.540. The summed E-state index contributed by atoms with van der Waals surface area (Å²) >= 11 is 0. The number of nitrogens with one attached hydrogen (secondary N) is 2. The van der Waals surface area contributed by atoms with E-state index < -0.39 is 30.1 Å². The number of carboxylic acid groups (broad SMARTS) is 1. The lowest BCUT2D eigenvalue weighted by Gasteiger charge is -2.26. The highest BCUT2D eigenvalue weighted by Gasteiger charge is 2.37. The van der Waals surface area contributed by atoms with E-state index in [-0.39, 0.29) is 24.3 Å². The molecule has 2 amide bonds. The Bertz CT molecular complexity index is 1020. The van der Waals surface area contributed by atoms with Crippen LogP contribution in [0.25, 0.3) is 11.1 Å². The minimum Gasteiger partial charge on any atom is -0.481 e. The van der Waals surface area contributed by atoms with E-state index in [1.54, 1.807) is 0 Å². The molecule has 0 spiro atoms. The summed E-state index contributed by atoms with van der Waals surface area (Å²) in [6.45, 7) is 4.00. The van der Waals surface area contributed by atoms with E-state index in [4.69, 9.17) is 4.74 Å². The number of carboxylic acids is 1. The molecule has 0 unspecified atom stereocenters. The maximum absolute atomic E-state index is 13.0. The lowest BCUT2D eigenvalue weighted by atomic mass is 9.97. The van der Waals surface area contributed by atoms with Gasteiger partial charge < -0.3 is 20.5 Å². The molecule has 34 heavy (non-hydrogen) atoms. The standard InChI is InChI=1S/C27H32N2O5/c1-3-16(2)24(25(30)28-23-14-8-13-21(23)26(31)32)29-27(33)34-15-22-19-11-6-4-9-17(19)18-10-5-7-12-20(18)22/h4-7,9-12,16,21-24H,3,8,13-15H2,1-2H3,(H,28,30)(H,29,33)(H,31,32)/t16-,21-,23+,24-/m0/s1. The van der Waals surface area contributed by atoms with E-state index in [1.807, 2.05) is 38.1 Å². The van der Waals surface area contributed by atoms with Gasteiger partial charge in [0.15, 0.2) is 0 Å². The Labute approximate surface area is 199 Å². The molecule has 4 rings (SSSR count). The van der Waals surface area contributed by atoms with Gasteiger partial charge in [0.2, 0.25) is 5.91 Å². The van der Waals surface area contributed by atoms with Gasteiger partial charge in [-0.05, 0) is 41.0 Å². The average molecular weight is 465 g/mol. The molecule has 0 bridgehead atoms. The number of amides is 2. The SMILES string of the molecule is CC[C@H](C)[C@H](NC(=O)OCC1c2ccccc2-c2ccccc21)C(=O)N[C@@H]1CCC[C@@H]1C(=O)O. The van der Waals surface area contributed by atoms with Gasteiger partial charge >= 0.3 is 12.1 Å². The number of fused-ring (bicyclic) bond motifs is 3. The zero-order chi connectivity index (χ0) is 24.2. The van der Waals surface area contributed by atoms with Crippen molar-refractivity contribution in [2.45, 2.75) is 57.5 Å². The molecule has 7 nitrogen and oxygen atoms in total. The van der Waals surface area contributed by atoms with Gasteiger partial charge in [-0.3, -0.25) is 9.59 Å². The fourth-order valence-corrected chi connectivity index (χ4v) is 5.17. The first-order chi connectivity index (χ1) is 16.4. The lowest BCUT2D eigenvalue weighted by molar-refractivity contribution is -0.142. The average Bonchev–Trinajstić information content (AvgIpc) is 3.43. The maximum Gasteiger partial charge on any atom is 0.407 e. The number of alkyl carbamates (subject to hydrolysis) is 1. The summed E-state index contributed by atoms with van der Waals surface area (Å²) < 4.78 is 5.62. The molecule has 4 atom stereocenters. The van der Waals surface area contributed by atoms with Crippen LogP contribution in [0.5, 0.6) is 0 Å². The fraction of sp³-hybridized carbons (Fsp3) is 0.444. The first kappa shape index (κ1) is 23.8. The Morgan fingerprint density at radius 3 is 2.24 bits per heavy atom. The molecule has 180 valence electrons. The third-order valence-electron chi connectivity index (χ3n) is 7.27. The highest BCUT2D eigenvalue weighted by Crippen LogP contribution is 2.44. The van der Waals surface area contributed by atoms with Crippen molar-refractivity contribution in [2.75, 3.05) is 6.61 Å². The number of benzene rings is 2. The zero-order valence-electron chi connectivity index (χ0n) is 19.6. The van der Waals surface area contributed by atoms with E-state index in [1.165, 1.54) is 0 Å². The van der Waals surface area contributed by atoms with Gasteiger partial charge in [0.05, 0.1) is 5.92 Å². The van der Waals surface area contributed by atoms with E-state index in [9.17, 15) is 19.5 Å². The van der Waals surface area contributed by atoms with Crippen molar-refractivity contribution in [1.29, 1.82) is 0 Å². The van der Waals surface area contributed by atoms with Crippen molar-refractivity contribution >= 4 is 18.0 Å². The van der Waals surface area contributed by atoms with Crippen LogP contribution in [0.3, 0.4) is 0 Å². The molecule has 0 aromatic heterocycles. The molecule has 2 aliphatic rings. The van der Waals surface area contributed by atoms with E-state index in [0.717, 1.165) is 28.7 Å². The van der Waals surface area contributed by atoms with Gasteiger partial charge in [-0.1, -0.05) is 75.2 Å². The third-order valence-corrected chi connectivity index (χ3v) is 7.27. The van der Waals surface area contributed by atoms with Gasteiger partial charge in [-0.2, -0.15) is 0 Å². The highest BCUT2D eigenvalue weighted by molar-refractivity contribution is 5.87. The van der Waals surface area contributed by atoms with Crippen LogP contribution < -0.4 is 10.6 Å². The van der Waals surface area contributed by atoms with Crippen LogP contribution >= 0.6 is 0 Å². The molecule has 0 aliphatic heterocycles. The Balaban J connectivity index is 1.41. The van der Waals surface area contributed by atoms with Gasteiger partial charge in [0.25, 0.3) is 0 Å². The van der Waals surface area contributed by atoms with Gasteiger partial charge in [-0.15, -0.1) is 0 Å². The highest BCUT2D eigenvalue weighted by atomic mass is 16.5. The number of carbonyl (C=O) groups excluding carboxylic acids is 2. The summed E-state index contributed by atoms with van der Waals surface area (Å²) in [6, 6.07) is 15.0. The topological polar surface area (TPSA) is 105 Å². The zero-order valence-corrected chi connectivity index (χ0v) is 19.6. The fourth-order valence-electron chi connectivity index (χ4n) is 5.17. The Morgan fingerprint density at radius 2 is 1.65 bits per heavy atom. The van der Waals surface area contributed by atoms with Gasteiger partial charge in [0.1, 0.15) is 12.6 Å². The van der Waals surface area contributed by atoms with Crippen LogP contribution in [0.1, 0.15) is 56.6 Å². The molecule has 2 aromatic carbocycles. The molecule has 1 fully saturated rings. The molecular formula is C27H32N2O5. The summed E-state index contributed by atoms with van der Waals surface area (Å²) in [7, 11) is 0. The number of ether oxygens (including phenoxy) is 1. The second kappa shape index (κ2) is 10.3. The summed E-state index contributed by atoms with van der Waals surface area (Å²) in [4.78, 5) is 37.3.